The molecule has 3 aromatic carbocycles. The Bertz CT molecular complexity index is 2750. The smallest absolute Gasteiger partial charge is 0.319 e. The van der Waals surface area contributed by atoms with E-state index >= 15 is 0 Å². The zero-order valence-corrected chi connectivity index (χ0v) is 43.3. The molecule has 1 saturated heterocycles. The summed E-state index contributed by atoms with van der Waals surface area (Å²) < 4.78 is 0. The minimum absolute atomic E-state index is 0.00578. The maximum absolute atomic E-state index is 14.2. The molecule has 0 unspecified atom stereocenters. The third-order valence-electron chi connectivity index (χ3n) is 13.3. The van der Waals surface area contributed by atoms with Gasteiger partial charge in [-0.05, 0) is 94.6 Å². The first-order valence-corrected chi connectivity index (χ1v) is 25.1. The Morgan fingerprint density at radius 2 is 1.57 bits per heavy atom. The highest BCUT2D eigenvalue weighted by Gasteiger charge is 2.46. The van der Waals surface area contributed by atoms with Gasteiger partial charge in [0.1, 0.15) is 12.1 Å². The van der Waals surface area contributed by atoms with Crippen LogP contribution < -0.4 is 26.6 Å². The number of aromatic nitrogens is 3. The summed E-state index contributed by atoms with van der Waals surface area (Å²) in [6, 6.07) is 21.0. The van der Waals surface area contributed by atoms with Gasteiger partial charge >= 0.3 is 6.03 Å². The number of aryl methyl sites for hydroxylation is 1. The Morgan fingerprint density at radius 1 is 0.903 bits per heavy atom. The highest BCUT2D eigenvalue weighted by Crippen LogP contribution is 2.41. The van der Waals surface area contributed by atoms with Crippen molar-refractivity contribution in [3.05, 3.63) is 124 Å². The standard InChI is InChI=1S/C53H67N11O7S/c1-31(33-17-19-35(20-18-33)43-32(2)55-30-72-43)56-49(69)41-26-38(65)27-63(41)50(70)45(52(3,4)5)58-42(66)16-13-25-54-47(67)36-21-23-37(24-22-36)48(68)59-46-39-28-64(53(6,7)44(39)60-61-46)51(71)57-40(29-62(8)9)34-14-11-10-12-15-34/h10-12,14-15,17-24,30-31,38,40-41,45,65H,13,16,25-29H2,1-9H3,(H,54,67)(H,56,69)(H,57,71)(H,58,66)(H2,59,60,61,68)/t31-,38+,40+,41-,45+/m0/s1. The van der Waals surface area contributed by atoms with Crippen LogP contribution in [0.25, 0.3) is 10.4 Å². The number of amides is 7. The quantitative estimate of drug-likeness (QED) is 0.0534. The number of aromatic amines is 1. The summed E-state index contributed by atoms with van der Waals surface area (Å²) >= 11 is 1.56. The molecule has 2 aromatic heterocycles. The van der Waals surface area contributed by atoms with Crippen molar-refractivity contribution in [2.75, 3.05) is 39.0 Å². The summed E-state index contributed by atoms with van der Waals surface area (Å²) in [6.07, 6.45) is -0.568. The number of β-amino-alcohol motifs (C(OH)–C–C–N with tert-alkyl or cyclic N) is 1. The van der Waals surface area contributed by atoms with Crippen molar-refractivity contribution in [3.63, 3.8) is 0 Å². The predicted octanol–water partition coefficient (Wildman–Crippen LogP) is 6.04. The number of aliphatic hydroxyl groups excluding tert-OH is 1. The Labute approximate surface area is 424 Å². The van der Waals surface area contributed by atoms with Gasteiger partial charge in [0.15, 0.2) is 5.82 Å². The first-order valence-electron chi connectivity index (χ1n) is 24.3. The number of likely N-dealkylation sites (N-methyl/N-ethyl adjacent to an activating group) is 1. The molecule has 2 aliphatic rings. The molecule has 18 nitrogen and oxygen atoms in total. The van der Waals surface area contributed by atoms with Crippen molar-refractivity contribution < 1.29 is 33.9 Å². The fraction of sp³-hybridized carbons (Fsp3) is 0.434. The fourth-order valence-corrected chi connectivity index (χ4v) is 10.0. The van der Waals surface area contributed by atoms with Crippen molar-refractivity contribution in [3.8, 4) is 10.4 Å². The van der Waals surface area contributed by atoms with E-state index in [-0.39, 0.29) is 57.0 Å². The van der Waals surface area contributed by atoms with Crippen LogP contribution in [0.5, 0.6) is 0 Å². The topological polar surface area (TPSA) is 234 Å². The number of carbonyl (C=O) groups excluding carboxylic acids is 6. The van der Waals surface area contributed by atoms with Crippen molar-refractivity contribution in [2.24, 2.45) is 5.41 Å². The van der Waals surface area contributed by atoms with Crippen LogP contribution in [0.2, 0.25) is 0 Å². The normalized spacial score (nSPS) is 17.4. The molecule has 1 fully saturated rings. The molecule has 2 aliphatic heterocycles. The second-order valence-electron chi connectivity index (χ2n) is 20.5. The molecule has 7 rings (SSSR count). The van der Waals surface area contributed by atoms with Gasteiger partial charge in [-0.25, -0.2) is 9.78 Å². The van der Waals surface area contributed by atoms with Gasteiger partial charge in [-0.1, -0.05) is 75.4 Å². The van der Waals surface area contributed by atoms with Crippen LogP contribution >= 0.6 is 11.3 Å². The lowest BCUT2D eigenvalue weighted by Gasteiger charge is -2.35. The van der Waals surface area contributed by atoms with E-state index in [2.05, 4.69) is 41.8 Å². The number of H-pyrrole nitrogens is 1. The van der Waals surface area contributed by atoms with Gasteiger partial charge in [0.25, 0.3) is 11.8 Å². The first kappa shape index (κ1) is 52.9. The number of carbonyl (C=O) groups is 6. The van der Waals surface area contributed by atoms with Crippen LogP contribution in [0.15, 0.2) is 84.4 Å². The summed E-state index contributed by atoms with van der Waals surface area (Å²) in [5.41, 5.74) is 6.18. The van der Waals surface area contributed by atoms with E-state index in [1.165, 1.54) is 29.2 Å². The number of anilines is 1. The van der Waals surface area contributed by atoms with E-state index < -0.39 is 58.7 Å². The lowest BCUT2D eigenvalue weighted by atomic mass is 9.85. The van der Waals surface area contributed by atoms with Crippen LogP contribution in [0.4, 0.5) is 10.6 Å². The first-order chi connectivity index (χ1) is 34.1. The van der Waals surface area contributed by atoms with Crippen molar-refractivity contribution in [1.29, 1.82) is 0 Å². The van der Waals surface area contributed by atoms with Crippen molar-refractivity contribution in [2.45, 2.75) is 110 Å². The van der Waals surface area contributed by atoms with Gasteiger partial charge in [-0.2, -0.15) is 5.10 Å². The van der Waals surface area contributed by atoms with Crippen molar-refractivity contribution in [1.82, 2.24) is 51.1 Å². The Kier molecular flexibility index (Phi) is 16.3. The number of rotatable bonds is 17. The number of nitrogens with one attached hydrogen (secondary N) is 6. The molecule has 72 heavy (non-hydrogen) atoms. The van der Waals surface area contributed by atoms with Gasteiger partial charge in [0.05, 0.1) is 52.0 Å². The van der Waals surface area contributed by atoms with E-state index in [4.69, 9.17) is 0 Å². The monoisotopic (exact) mass is 1000 g/mol. The van der Waals surface area contributed by atoms with E-state index in [9.17, 15) is 33.9 Å². The highest BCUT2D eigenvalue weighted by atomic mass is 32.1. The average Bonchev–Trinajstić information content (AvgIpc) is 4.13. The summed E-state index contributed by atoms with van der Waals surface area (Å²) in [7, 11) is 3.91. The van der Waals surface area contributed by atoms with Gasteiger partial charge in [0.2, 0.25) is 17.7 Å². The molecule has 7 N–H and O–H groups in total. The summed E-state index contributed by atoms with van der Waals surface area (Å²) in [5.74, 6) is -1.80. The Hall–Kier alpha value is -6.96. The van der Waals surface area contributed by atoms with E-state index in [1.54, 1.807) is 21.7 Å². The molecule has 0 radical (unpaired) electrons. The highest BCUT2D eigenvalue weighted by molar-refractivity contribution is 7.13. The second kappa shape index (κ2) is 22.2. The van der Waals surface area contributed by atoms with Gasteiger partial charge in [-0.15, -0.1) is 11.3 Å². The number of benzene rings is 3. The van der Waals surface area contributed by atoms with Crippen LogP contribution in [-0.4, -0.2) is 122 Å². The number of hydrogen-bond donors (Lipinski definition) is 7. The Balaban J connectivity index is 0.874. The minimum Gasteiger partial charge on any atom is -0.391 e. The maximum atomic E-state index is 14.2. The zero-order valence-electron chi connectivity index (χ0n) is 42.5. The molecule has 382 valence electrons. The minimum atomic E-state index is -0.996. The molecular formula is C53H67N11O7S. The molecular weight excluding hydrogens is 935 g/mol. The lowest BCUT2D eigenvalue weighted by molar-refractivity contribution is -0.144. The number of hydrogen-bond acceptors (Lipinski definition) is 11. The average molecular weight is 1000 g/mol. The number of fused-ring (bicyclic) bond motifs is 1. The van der Waals surface area contributed by atoms with Crippen molar-refractivity contribution >= 4 is 52.7 Å². The number of nitrogens with zero attached hydrogens (tertiary/aromatic N) is 5. The number of aliphatic hydroxyl groups is 1. The van der Waals surface area contributed by atoms with Gasteiger partial charge in [0, 0.05) is 49.2 Å². The van der Waals surface area contributed by atoms with E-state index in [0.717, 1.165) is 27.3 Å². The van der Waals surface area contributed by atoms with E-state index in [1.807, 2.05) is 122 Å². The predicted molar refractivity (Wildman–Crippen MR) is 276 cm³/mol. The summed E-state index contributed by atoms with van der Waals surface area (Å²) in [5, 5.41) is 32.8. The summed E-state index contributed by atoms with van der Waals surface area (Å²) in [4.78, 5) is 92.0. The van der Waals surface area contributed by atoms with Gasteiger partial charge < -0.3 is 46.4 Å². The van der Waals surface area contributed by atoms with E-state index in [0.29, 0.717) is 34.7 Å². The molecule has 5 aromatic rings. The largest absolute Gasteiger partial charge is 0.391 e. The maximum Gasteiger partial charge on any atom is 0.319 e. The Morgan fingerprint density at radius 3 is 2.19 bits per heavy atom. The van der Waals surface area contributed by atoms with Crippen LogP contribution in [0.1, 0.15) is 122 Å². The lowest BCUT2D eigenvalue weighted by Crippen LogP contribution is -2.57. The molecule has 0 spiro atoms. The number of thiazole rings is 1. The van der Waals surface area contributed by atoms with Gasteiger partial charge in [-0.3, -0.25) is 29.1 Å². The fourth-order valence-electron chi connectivity index (χ4n) is 9.21. The van der Waals surface area contributed by atoms with Crippen LogP contribution in [0.3, 0.4) is 0 Å². The molecule has 19 heteroatoms. The molecule has 4 heterocycles. The molecule has 0 aliphatic carbocycles. The molecule has 0 bridgehead atoms. The second-order valence-corrected chi connectivity index (χ2v) is 21.4. The third kappa shape index (κ3) is 12.2. The molecule has 0 saturated carbocycles. The molecule has 7 amide bonds. The number of likely N-dealkylation sites (tertiary alicyclic amines) is 1. The number of urea groups is 1. The van der Waals surface area contributed by atoms with Crippen LogP contribution in [-0.2, 0) is 26.5 Å². The summed E-state index contributed by atoms with van der Waals surface area (Å²) in [6.45, 7) is 14.1. The molecule has 5 atom stereocenters. The SMILES string of the molecule is Cc1ncsc1-c1ccc([C@H](C)NC(=O)[C@@H]2C[C@@H](O)CN2C(=O)[C@@H](NC(=O)CCCNC(=O)c2ccc(C(=O)Nc3n[nH]c4c3CN(C(=O)N[C@H](CN(C)C)c3ccccc3)C4(C)C)cc2)C(C)(C)C)cc1. The van der Waals surface area contributed by atoms with Crippen LogP contribution in [0, 0.1) is 12.3 Å². The zero-order chi connectivity index (χ0) is 52.1. The third-order valence-corrected chi connectivity index (χ3v) is 14.3.